The van der Waals surface area contributed by atoms with Crippen LogP contribution in [-0.4, -0.2) is 77.8 Å². The number of amides is 2. The van der Waals surface area contributed by atoms with Gasteiger partial charge < -0.3 is 40.4 Å². The van der Waals surface area contributed by atoms with Crippen molar-refractivity contribution in [3.8, 4) is 0 Å². The minimum atomic E-state index is -4.60. The zero-order valence-electron chi connectivity index (χ0n) is 29.0. The van der Waals surface area contributed by atoms with Crippen molar-refractivity contribution in [2.24, 2.45) is 5.92 Å². The molecule has 14 heteroatoms. The van der Waals surface area contributed by atoms with Crippen LogP contribution in [0.15, 0.2) is 54.2 Å². The lowest BCUT2D eigenvalue weighted by atomic mass is 9.87. The van der Waals surface area contributed by atoms with E-state index in [1.807, 2.05) is 26.0 Å². The highest BCUT2D eigenvalue weighted by Gasteiger charge is 2.58. The minimum Gasteiger partial charge on any atom is -0.459 e. The van der Waals surface area contributed by atoms with Gasteiger partial charge in [0.05, 0.1) is 42.9 Å². The first-order valence-electron chi connectivity index (χ1n) is 16.8. The first-order chi connectivity index (χ1) is 23.5. The molecule has 3 aliphatic heterocycles. The summed E-state index contributed by atoms with van der Waals surface area (Å²) >= 11 is 0. The summed E-state index contributed by atoms with van der Waals surface area (Å²) in [5.74, 6) is -0.961. The predicted molar refractivity (Wildman–Crippen MR) is 178 cm³/mol. The summed E-state index contributed by atoms with van der Waals surface area (Å²) in [6, 6.07) is 3.33. The lowest BCUT2D eigenvalue weighted by Gasteiger charge is -2.39. The molecule has 1 aromatic rings. The number of aliphatic hydroxyl groups excluding tert-OH is 1. The molecule has 1 unspecified atom stereocenters. The summed E-state index contributed by atoms with van der Waals surface area (Å²) in [4.78, 5) is 36.2. The summed E-state index contributed by atoms with van der Waals surface area (Å²) < 4.78 is 62.6. The molecular weight excluding hydrogens is 659 g/mol. The Labute approximate surface area is 290 Å². The van der Waals surface area contributed by atoms with E-state index in [1.165, 1.54) is 25.1 Å². The molecule has 276 valence electrons. The maximum Gasteiger partial charge on any atom is 0.418 e. The maximum atomic E-state index is 13.2. The summed E-state index contributed by atoms with van der Waals surface area (Å²) in [6.07, 6.45) is 2.46. The number of rotatable bonds is 12. The summed E-state index contributed by atoms with van der Waals surface area (Å²) in [7, 11) is 0. The second-order valence-electron chi connectivity index (χ2n) is 13.5. The van der Waals surface area contributed by atoms with E-state index in [4.69, 9.17) is 24.7 Å². The Balaban J connectivity index is 1.27. The molecule has 4 rings (SSSR count). The summed E-state index contributed by atoms with van der Waals surface area (Å²) in [5.41, 5.74) is 4.49. The van der Waals surface area contributed by atoms with E-state index in [2.05, 4.69) is 17.6 Å². The molecule has 0 aromatic heterocycles. The number of ether oxygens (including phenoxy) is 4. The van der Waals surface area contributed by atoms with Crippen LogP contribution in [-0.2, 0) is 46.1 Å². The highest BCUT2D eigenvalue weighted by atomic mass is 19.4. The fourth-order valence-electron chi connectivity index (χ4n) is 6.33. The zero-order valence-corrected chi connectivity index (χ0v) is 29.0. The first kappa shape index (κ1) is 39.1. The predicted octanol–water partition coefficient (Wildman–Crippen LogP) is 4.28. The van der Waals surface area contributed by atoms with Gasteiger partial charge in [0.15, 0.2) is 0 Å². The van der Waals surface area contributed by atoms with E-state index in [-0.39, 0.29) is 54.3 Å². The van der Waals surface area contributed by atoms with Crippen LogP contribution in [0.4, 0.5) is 18.9 Å². The van der Waals surface area contributed by atoms with Crippen molar-refractivity contribution in [1.82, 2.24) is 10.6 Å². The Kier molecular flexibility index (Phi) is 12.9. The molecule has 3 heterocycles. The monoisotopic (exact) mass is 707 g/mol. The average Bonchev–Trinajstić information content (AvgIpc) is 3.80. The Morgan fingerprint density at radius 2 is 1.90 bits per heavy atom. The van der Waals surface area contributed by atoms with Gasteiger partial charge in [0.1, 0.15) is 23.9 Å². The topological polar surface area (TPSA) is 162 Å². The van der Waals surface area contributed by atoms with Crippen molar-refractivity contribution < 1.29 is 51.6 Å². The molecule has 5 N–H and O–H groups in total. The molecule has 0 bridgehead atoms. The summed E-state index contributed by atoms with van der Waals surface area (Å²) in [6.45, 7) is 9.11. The molecular formula is C36H48F3N3O8. The Bertz CT molecular complexity index is 1470. The number of hydrogen-bond acceptors (Lipinski definition) is 9. The van der Waals surface area contributed by atoms with Gasteiger partial charge in [-0.25, -0.2) is 0 Å². The van der Waals surface area contributed by atoms with E-state index in [1.54, 1.807) is 13.0 Å². The molecule has 3 saturated heterocycles. The molecule has 50 heavy (non-hydrogen) atoms. The number of aliphatic hydroxyl groups is 1. The Morgan fingerprint density at radius 3 is 2.56 bits per heavy atom. The van der Waals surface area contributed by atoms with Crippen molar-refractivity contribution in [2.45, 2.75) is 121 Å². The average molecular weight is 708 g/mol. The second-order valence-corrected chi connectivity index (χ2v) is 13.5. The quantitative estimate of drug-likeness (QED) is 0.0817. The molecule has 0 saturated carbocycles. The van der Waals surface area contributed by atoms with Gasteiger partial charge in [0.2, 0.25) is 11.8 Å². The SMILES string of the molecule is CC(=O)O[C@@H](C)/C=C\C(=O)N[C@@H]1C[C@H](C)[C@H](C/C=C(C)/C=C/[C@H]2O[C@H](CC(=O)NCc3ccc(N)c(C(F)(F)F)c3)CC3(CO3)[C@@H]2O)O[C@@H]1C. The molecule has 1 aromatic carbocycles. The van der Waals surface area contributed by atoms with Gasteiger partial charge in [-0.05, 0) is 63.3 Å². The van der Waals surface area contributed by atoms with Gasteiger partial charge in [-0.2, -0.15) is 13.2 Å². The number of nitrogens with one attached hydrogen (secondary N) is 2. The molecule has 0 aliphatic carbocycles. The number of carbonyl (C=O) groups is 3. The van der Waals surface area contributed by atoms with Gasteiger partial charge in [-0.1, -0.05) is 36.8 Å². The number of esters is 1. The van der Waals surface area contributed by atoms with Crippen LogP contribution in [0, 0.1) is 5.92 Å². The summed E-state index contributed by atoms with van der Waals surface area (Å²) in [5, 5.41) is 16.6. The number of hydrogen-bond donors (Lipinski definition) is 4. The number of halogens is 3. The number of alkyl halides is 3. The number of nitrogen functional groups attached to an aromatic ring is 1. The van der Waals surface area contributed by atoms with Crippen molar-refractivity contribution in [3.05, 3.63) is 65.3 Å². The smallest absolute Gasteiger partial charge is 0.418 e. The van der Waals surface area contributed by atoms with E-state index >= 15 is 0 Å². The molecule has 1 spiro atoms. The highest BCUT2D eigenvalue weighted by molar-refractivity contribution is 5.87. The third-order valence-electron chi connectivity index (χ3n) is 9.25. The largest absolute Gasteiger partial charge is 0.459 e. The molecule has 9 atom stereocenters. The molecule has 2 amide bonds. The van der Waals surface area contributed by atoms with Gasteiger partial charge in [0, 0.05) is 31.7 Å². The van der Waals surface area contributed by atoms with E-state index < -0.39 is 53.6 Å². The number of allylic oxidation sites excluding steroid dienone is 2. The number of nitrogens with two attached hydrogens (primary N) is 1. The third kappa shape index (κ3) is 10.9. The van der Waals surface area contributed by atoms with Gasteiger partial charge in [-0.3, -0.25) is 14.4 Å². The normalized spacial score (nSPS) is 30.7. The van der Waals surface area contributed by atoms with Crippen molar-refractivity contribution in [1.29, 1.82) is 0 Å². The standard InChI is InChI=1S/C36H48F3N3O8/c1-20(6-11-30-21(2)14-29(23(4)49-30)42-32(44)13-8-22(3)48-24(5)43)7-12-31-34(46)35(19-47-35)17-26(50-31)16-33(45)41-18-25-9-10-28(40)27(15-25)36(37,38)39/h6-10,12-13,15,21-23,26,29-31,34,46H,11,14,16-19,40H2,1-5H3,(H,41,45)(H,42,44)/b12-7+,13-8-,20-6+/t21-,22-,23+,26+,29+,30-,31+,34+,35?/m0/s1. The van der Waals surface area contributed by atoms with Gasteiger partial charge in [0.25, 0.3) is 0 Å². The lowest BCUT2D eigenvalue weighted by Crippen LogP contribution is -2.50. The van der Waals surface area contributed by atoms with Gasteiger partial charge >= 0.3 is 12.1 Å². The van der Waals surface area contributed by atoms with Crippen LogP contribution in [0.3, 0.4) is 0 Å². The highest BCUT2D eigenvalue weighted by Crippen LogP contribution is 2.43. The lowest BCUT2D eigenvalue weighted by molar-refractivity contribution is -0.145. The number of epoxide rings is 1. The van der Waals surface area contributed by atoms with Crippen LogP contribution < -0.4 is 16.4 Å². The second kappa shape index (κ2) is 16.5. The van der Waals surface area contributed by atoms with Crippen LogP contribution in [0.1, 0.15) is 71.4 Å². The van der Waals surface area contributed by atoms with Crippen LogP contribution in [0.25, 0.3) is 0 Å². The molecule has 11 nitrogen and oxygen atoms in total. The number of carbonyl (C=O) groups excluding carboxylic acids is 3. The number of anilines is 1. The maximum absolute atomic E-state index is 13.2. The Hall–Kier alpha value is -3.72. The van der Waals surface area contributed by atoms with Crippen molar-refractivity contribution in [2.75, 3.05) is 12.3 Å². The third-order valence-corrected chi connectivity index (χ3v) is 9.25. The molecule has 3 aliphatic rings. The van der Waals surface area contributed by atoms with Crippen molar-refractivity contribution >= 4 is 23.5 Å². The molecule has 0 radical (unpaired) electrons. The first-order valence-corrected chi connectivity index (χ1v) is 16.8. The van der Waals surface area contributed by atoms with Crippen LogP contribution >= 0.6 is 0 Å². The Morgan fingerprint density at radius 1 is 1.18 bits per heavy atom. The fourth-order valence-corrected chi connectivity index (χ4v) is 6.33. The van der Waals surface area contributed by atoms with E-state index in [0.717, 1.165) is 24.1 Å². The van der Waals surface area contributed by atoms with Crippen LogP contribution in [0.2, 0.25) is 0 Å². The van der Waals surface area contributed by atoms with Crippen LogP contribution in [0.5, 0.6) is 0 Å². The zero-order chi connectivity index (χ0) is 36.8. The van der Waals surface area contributed by atoms with E-state index in [9.17, 15) is 32.7 Å². The van der Waals surface area contributed by atoms with Crippen molar-refractivity contribution in [3.63, 3.8) is 0 Å². The minimum absolute atomic E-state index is 0.0572. The van der Waals surface area contributed by atoms with Gasteiger partial charge in [-0.15, -0.1) is 0 Å². The number of benzene rings is 1. The fraction of sp³-hybridized carbons (Fsp3) is 0.583. The van der Waals surface area contributed by atoms with E-state index in [0.29, 0.717) is 19.4 Å². The molecule has 3 fully saturated rings.